The van der Waals surface area contributed by atoms with E-state index in [2.05, 4.69) is 0 Å². The van der Waals surface area contributed by atoms with Gasteiger partial charge in [-0.25, -0.2) is 0 Å². The molecule has 0 radical (unpaired) electrons. The molecule has 22 heavy (non-hydrogen) atoms. The summed E-state index contributed by atoms with van der Waals surface area (Å²) in [6, 6.07) is 0.907. The Balaban J connectivity index is 1.58. The molecule has 4 rings (SSSR count). The zero-order valence-electron chi connectivity index (χ0n) is 14.3. The van der Waals surface area contributed by atoms with Crippen molar-refractivity contribution in [2.45, 2.75) is 56.5 Å². The molecule has 0 spiro atoms. The molecule has 0 aromatic carbocycles. The summed E-state index contributed by atoms with van der Waals surface area (Å²) in [6.07, 6.45) is 7.44. The second-order valence-corrected chi connectivity index (χ2v) is 8.12. The summed E-state index contributed by atoms with van der Waals surface area (Å²) >= 11 is 0. The highest BCUT2D eigenvalue weighted by molar-refractivity contribution is 5.00. The molecule has 0 bridgehead atoms. The summed E-state index contributed by atoms with van der Waals surface area (Å²) in [5, 5.41) is 0. The normalized spacial score (nSPS) is 53.9. The van der Waals surface area contributed by atoms with Crippen molar-refractivity contribution in [3.8, 4) is 0 Å². The fourth-order valence-electron chi connectivity index (χ4n) is 6.55. The number of piperidine rings is 1. The fourth-order valence-corrected chi connectivity index (χ4v) is 6.55. The van der Waals surface area contributed by atoms with Gasteiger partial charge < -0.3 is 19.1 Å². The van der Waals surface area contributed by atoms with Gasteiger partial charge in [0.1, 0.15) is 0 Å². The fraction of sp³-hybridized carbons (Fsp3) is 1.00. The zero-order chi connectivity index (χ0) is 15.3. The van der Waals surface area contributed by atoms with Crippen LogP contribution in [0.5, 0.6) is 0 Å². The lowest BCUT2D eigenvalue weighted by Crippen LogP contribution is -3.17. The maximum absolute atomic E-state index is 5.80. The van der Waals surface area contributed by atoms with Crippen LogP contribution in [0.15, 0.2) is 0 Å². The smallest absolute Gasteiger partial charge is 0.0938 e. The highest BCUT2D eigenvalue weighted by atomic mass is 16.5. The van der Waals surface area contributed by atoms with Gasteiger partial charge in [0.2, 0.25) is 0 Å². The molecule has 1 N–H and O–H groups in total. The maximum atomic E-state index is 5.80. The molecule has 126 valence electrons. The Morgan fingerprint density at radius 2 is 1.55 bits per heavy atom. The quantitative estimate of drug-likeness (QED) is 0.835. The first-order valence-corrected chi connectivity index (χ1v) is 9.18. The Kier molecular flexibility index (Phi) is 4.22. The Bertz CT molecular complexity index is 402. The molecular formula is C18H32NO3+. The summed E-state index contributed by atoms with van der Waals surface area (Å²) < 4.78 is 17.3. The topological polar surface area (TPSA) is 32.1 Å². The SMILES string of the molecule is COC1CC2CC[NH+]3CC4CC(OC)C(OC)CC4C(C1)C23. The molecule has 4 nitrogen and oxygen atoms in total. The Morgan fingerprint density at radius 1 is 0.773 bits per heavy atom. The molecule has 9 unspecified atom stereocenters. The minimum Gasteiger partial charge on any atom is -0.381 e. The van der Waals surface area contributed by atoms with Crippen LogP contribution in [0.3, 0.4) is 0 Å². The second-order valence-electron chi connectivity index (χ2n) is 8.12. The Hall–Kier alpha value is -0.160. The summed E-state index contributed by atoms with van der Waals surface area (Å²) in [7, 11) is 5.61. The molecule has 2 aliphatic heterocycles. The highest BCUT2D eigenvalue weighted by Gasteiger charge is 2.57. The zero-order valence-corrected chi connectivity index (χ0v) is 14.3. The van der Waals surface area contributed by atoms with E-state index in [1.807, 2.05) is 26.2 Å². The molecule has 4 fully saturated rings. The Labute approximate surface area is 134 Å². The van der Waals surface area contributed by atoms with Gasteiger partial charge in [0.25, 0.3) is 0 Å². The van der Waals surface area contributed by atoms with E-state index in [0.717, 1.165) is 29.7 Å². The average molecular weight is 310 g/mol. The first kappa shape index (κ1) is 15.4. The van der Waals surface area contributed by atoms with E-state index >= 15 is 0 Å². The molecule has 0 aromatic heterocycles. The summed E-state index contributed by atoms with van der Waals surface area (Å²) in [5.74, 6) is 3.39. The van der Waals surface area contributed by atoms with Crippen LogP contribution in [0.2, 0.25) is 0 Å². The predicted octanol–water partition coefficient (Wildman–Crippen LogP) is 0.755. The lowest BCUT2D eigenvalue weighted by Gasteiger charge is -2.53. The van der Waals surface area contributed by atoms with Crippen molar-refractivity contribution >= 4 is 0 Å². The largest absolute Gasteiger partial charge is 0.381 e. The minimum atomic E-state index is 0.288. The standard InChI is InChI=1S/C18H31NO3/c1-20-13-6-11-4-5-19-10-12-7-16(21-2)17(22-3)9-14(12)15(8-13)18(11)19/h11-18H,4-10H2,1-3H3/p+1. The van der Waals surface area contributed by atoms with E-state index < -0.39 is 0 Å². The van der Waals surface area contributed by atoms with Crippen LogP contribution in [-0.4, -0.2) is 58.8 Å². The number of nitrogens with one attached hydrogen (secondary N) is 1. The van der Waals surface area contributed by atoms with Crippen LogP contribution in [0.4, 0.5) is 0 Å². The first-order valence-electron chi connectivity index (χ1n) is 9.18. The summed E-state index contributed by atoms with van der Waals surface area (Å²) in [6.45, 7) is 2.76. The molecule has 0 amide bonds. The highest BCUT2D eigenvalue weighted by Crippen LogP contribution is 2.47. The lowest BCUT2D eigenvalue weighted by atomic mass is 9.60. The first-order chi connectivity index (χ1) is 10.7. The van der Waals surface area contributed by atoms with Gasteiger partial charge in [0.05, 0.1) is 37.4 Å². The molecule has 2 saturated heterocycles. The molecule has 2 saturated carbocycles. The number of hydrogen-bond acceptors (Lipinski definition) is 3. The molecule has 4 heteroatoms. The van der Waals surface area contributed by atoms with Gasteiger partial charge in [-0.2, -0.15) is 0 Å². The van der Waals surface area contributed by atoms with E-state index in [1.54, 1.807) is 0 Å². The van der Waals surface area contributed by atoms with Crippen LogP contribution in [0.1, 0.15) is 32.1 Å². The van der Waals surface area contributed by atoms with Crippen molar-refractivity contribution in [2.75, 3.05) is 34.4 Å². The third-order valence-electron chi connectivity index (χ3n) is 7.45. The molecule has 2 aliphatic carbocycles. The van der Waals surface area contributed by atoms with Crippen molar-refractivity contribution in [3.63, 3.8) is 0 Å². The van der Waals surface area contributed by atoms with Crippen LogP contribution >= 0.6 is 0 Å². The molecule has 0 aromatic rings. The second kappa shape index (κ2) is 6.04. The van der Waals surface area contributed by atoms with Crippen molar-refractivity contribution < 1.29 is 19.1 Å². The summed E-state index contributed by atoms with van der Waals surface area (Å²) in [5.41, 5.74) is 0. The van der Waals surface area contributed by atoms with Crippen LogP contribution < -0.4 is 4.90 Å². The van der Waals surface area contributed by atoms with Gasteiger partial charge in [0, 0.05) is 45.5 Å². The average Bonchev–Trinajstić information content (AvgIpc) is 2.97. The predicted molar refractivity (Wildman–Crippen MR) is 83.9 cm³/mol. The van der Waals surface area contributed by atoms with Gasteiger partial charge in [-0.1, -0.05) is 0 Å². The van der Waals surface area contributed by atoms with E-state index in [9.17, 15) is 0 Å². The molecular weight excluding hydrogens is 278 g/mol. The summed E-state index contributed by atoms with van der Waals surface area (Å²) in [4.78, 5) is 1.90. The third kappa shape index (κ3) is 2.34. The van der Waals surface area contributed by atoms with Crippen LogP contribution in [0.25, 0.3) is 0 Å². The number of fused-ring (bicyclic) bond motifs is 2. The van der Waals surface area contributed by atoms with Gasteiger partial charge in [-0.05, 0) is 31.6 Å². The number of ether oxygens (including phenoxy) is 3. The monoisotopic (exact) mass is 310 g/mol. The number of quaternary nitrogens is 1. The van der Waals surface area contributed by atoms with E-state index in [1.165, 1.54) is 45.2 Å². The van der Waals surface area contributed by atoms with Crippen molar-refractivity contribution in [1.29, 1.82) is 0 Å². The van der Waals surface area contributed by atoms with Crippen LogP contribution in [0, 0.1) is 23.7 Å². The van der Waals surface area contributed by atoms with E-state index in [4.69, 9.17) is 14.2 Å². The van der Waals surface area contributed by atoms with E-state index in [-0.39, 0.29) is 6.10 Å². The molecule has 4 aliphatic rings. The lowest BCUT2D eigenvalue weighted by molar-refractivity contribution is -0.930. The van der Waals surface area contributed by atoms with Gasteiger partial charge in [-0.3, -0.25) is 0 Å². The third-order valence-corrected chi connectivity index (χ3v) is 7.45. The van der Waals surface area contributed by atoms with Crippen LogP contribution in [-0.2, 0) is 14.2 Å². The molecule has 9 atom stereocenters. The number of rotatable bonds is 3. The van der Waals surface area contributed by atoms with Crippen molar-refractivity contribution in [3.05, 3.63) is 0 Å². The maximum Gasteiger partial charge on any atom is 0.0938 e. The van der Waals surface area contributed by atoms with Gasteiger partial charge in [-0.15, -0.1) is 0 Å². The van der Waals surface area contributed by atoms with Crippen molar-refractivity contribution in [1.82, 2.24) is 0 Å². The van der Waals surface area contributed by atoms with Gasteiger partial charge >= 0.3 is 0 Å². The number of hydrogen-bond donors (Lipinski definition) is 1. The van der Waals surface area contributed by atoms with Crippen molar-refractivity contribution in [2.24, 2.45) is 23.7 Å². The van der Waals surface area contributed by atoms with Gasteiger partial charge in [0.15, 0.2) is 0 Å². The Morgan fingerprint density at radius 3 is 2.27 bits per heavy atom. The number of methoxy groups -OCH3 is 3. The van der Waals surface area contributed by atoms with E-state index in [0.29, 0.717) is 12.2 Å². The minimum absolute atomic E-state index is 0.288. The molecule has 2 heterocycles.